The van der Waals surface area contributed by atoms with E-state index in [1.165, 1.54) is 0 Å². The molecule has 2 aromatic carbocycles. The van der Waals surface area contributed by atoms with E-state index in [4.69, 9.17) is 22.5 Å². The van der Waals surface area contributed by atoms with Crippen LogP contribution in [0.4, 0.5) is 11.4 Å². The maximum atomic E-state index is 8.89. The first-order valence-electron chi connectivity index (χ1n) is 6.11. The van der Waals surface area contributed by atoms with Crippen molar-refractivity contribution in [3.8, 4) is 0 Å². The average Bonchev–Trinajstić information content (AvgIpc) is 2.45. The number of amidine groups is 1. The summed E-state index contributed by atoms with van der Waals surface area (Å²) in [4.78, 5) is 1.95. The molecule has 4 nitrogen and oxygen atoms in total. The summed E-state index contributed by atoms with van der Waals surface area (Å²) in [6, 6.07) is 13.3. The van der Waals surface area contributed by atoms with Crippen LogP contribution >= 0.6 is 11.6 Å². The average molecular weight is 290 g/mol. The van der Waals surface area contributed by atoms with Gasteiger partial charge in [-0.05, 0) is 42.8 Å². The fourth-order valence-corrected chi connectivity index (χ4v) is 2.19. The highest BCUT2D eigenvalue weighted by molar-refractivity contribution is 6.31. The SMILES string of the molecule is Cc1cccc(N(C)c2cc(Cl)ccc2C(N)=NO)c1. The van der Waals surface area contributed by atoms with E-state index in [1.54, 1.807) is 18.2 Å². The molecule has 0 radical (unpaired) electrons. The molecular weight excluding hydrogens is 274 g/mol. The molecule has 0 saturated heterocycles. The van der Waals surface area contributed by atoms with Crippen LogP contribution in [0.25, 0.3) is 0 Å². The number of oxime groups is 1. The molecule has 2 rings (SSSR count). The van der Waals surface area contributed by atoms with Gasteiger partial charge in [0.2, 0.25) is 0 Å². The van der Waals surface area contributed by atoms with Gasteiger partial charge in [-0.2, -0.15) is 0 Å². The molecule has 20 heavy (non-hydrogen) atoms. The van der Waals surface area contributed by atoms with E-state index in [-0.39, 0.29) is 5.84 Å². The summed E-state index contributed by atoms with van der Waals surface area (Å²) < 4.78 is 0. The Balaban J connectivity index is 2.53. The van der Waals surface area contributed by atoms with Gasteiger partial charge in [-0.1, -0.05) is 28.9 Å². The molecule has 0 saturated carbocycles. The molecule has 5 heteroatoms. The zero-order valence-electron chi connectivity index (χ0n) is 11.3. The van der Waals surface area contributed by atoms with Gasteiger partial charge in [-0.3, -0.25) is 0 Å². The van der Waals surface area contributed by atoms with E-state index in [1.807, 2.05) is 37.1 Å². The number of benzene rings is 2. The Hall–Kier alpha value is -2.20. The van der Waals surface area contributed by atoms with Crippen LogP contribution in [-0.4, -0.2) is 18.1 Å². The lowest BCUT2D eigenvalue weighted by molar-refractivity contribution is 0.318. The molecule has 0 aliphatic carbocycles. The Morgan fingerprint density at radius 2 is 2.00 bits per heavy atom. The third-order valence-corrected chi connectivity index (χ3v) is 3.33. The highest BCUT2D eigenvalue weighted by Crippen LogP contribution is 2.30. The number of hydrogen-bond acceptors (Lipinski definition) is 3. The predicted molar refractivity (Wildman–Crippen MR) is 83.2 cm³/mol. The topological polar surface area (TPSA) is 61.8 Å². The van der Waals surface area contributed by atoms with Crippen LogP contribution in [-0.2, 0) is 0 Å². The van der Waals surface area contributed by atoms with Crippen molar-refractivity contribution >= 4 is 28.8 Å². The van der Waals surface area contributed by atoms with E-state index in [9.17, 15) is 0 Å². The molecule has 0 aliphatic rings. The maximum Gasteiger partial charge on any atom is 0.172 e. The van der Waals surface area contributed by atoms with Gasteiger partial charge < -0.3 is 15.8 Å². The monoisotopic (exact) mass is 289 g/mol. The van der Waals surface area contributed by atoms with Gasteiger partial charge in [0.15, 0.2) is 5.84 Å². The quantitative estimate of drug-likeness (QED) is 0.393. The number of hydrogen-bond donors (Lipinski definition) is 2. The van der Waals surface area contributed by atoms with Crippen molar-refractivity contribution in [1.29, 1.82) is 0 Å². The summed E-state index contributed by atoms with van der Waals surface area (Å²) >= 11 is 6.06. The van der Waals surface area contributed by atoms with E-state index in [0.717, 1.165) is 16.9 Å². The summed E-state index contributed by atoms with van der Waals surface area (Å²) in [5.74, 6) is 0.0520. The molecule has 0 bridgehead atoms. The van der Waals surface area contributed by atoms with Crippen molar-refractivity contribution < 1.29 is 5.21 Å². The number of halogens is 1. The van der Waals surface area contributed by atoms with Crippen LogP contribution in [0, 0.1) is 6.92 Å². The normalized spacial score (nSPS) is 11.4. The van der Waals surface area contributed by atoms with Crippen LogP contribution in [0.15, 0.2) is 47.6 Å². The van der Waals surface area contributed by atoms with Crippen LogP contribution in [0.2, 0.25) is 5.02 Å². The second-order valence-corrected chi connectivity index (χ2v) is 4.98. The van der Waals surface area contributed by atoms with Crippen molar-refractivity contribution in [3.63, 3.8) is 0 Å². The van der Waals surface area contributed by atoms with Crippen LogP contribution < -0.4 is 10.6 Å². The number of aryl methyl sites for hydroxylation is 1. The molecule has 0 heterocycles. The van der Waals surface area contributed by atoms with E-state index >= 15 is 0 Å². The minimum atomic E-state index is 0.0520. The Morgan fingerprint density at radius 1 is 1.25 bits per heavy atom. The van der Waals surface area contributed by atoms with E-state index in [2.05, 4.69) is 11.2 Å². The van der Waals surface area contributed by atoms with Crippen molar-refractivity contribution in [2.75, 3.05) is 11.9 Å². The standard InChI is InChI=1S/C15H16ClN3O/c1-10-4-3-5-12(8-10)19(2)14-9-11(16)6-7-13(14)15(17)18-20/h3-9,20H,1-2H3,(H2,17,18). The molecule has 0 aromatic heterocycles. The van der Waals surface area contributed by atoms with Crippen molar-refractivity contribution in [2.45, 2.75) is 6.92 Å². The lowest BCUT2D eigenvalue weighted by Crippen LogP contribution is -2.19. The van der Waals surface area contributed by atoms with Gasteiger partial charge in [0.1, 0.15) is 0 Å². The number of anilines is 2. The Labute approximate surface area is 123 Å². The second kappa shape index (κ2) is 5.84. The van der Waals surface area contributed by atoms with Gasteiger partial charge in [0.25, 0.3) is 0 Å². The van der Waals surface area contributed by atoms with Crippen molar-refractivity contribution in [2.24, 2.45) is 10.9 Å². The first kappa shape index (κ1) is 14.2. The minimum Gasteiger partial charge on any atom is -0.409 e. The number of nitrogens with zero attached hydrogens (tertiary/aromatic N) is 2. The molecule has 0 fully saturated rings. The summed E-state index contributed by atoms with van der Waals surface area (Å²) in [7, 11) is 1.91. The first-order chi connectivity index (χ1) is 9.52. The van der Waals surface area contributed by atoms with Gasteiger partial charge in [0, 0.05) is 23.3 Å². The molecule has 0 spiro atoms. The molecular formula is C15H16ClN3O. The largest absolute Gasteiger partial charge is 0.409 e. The Morgan fingerprint density at radius 3 is 2.65 bits per heavy atom. The highest BCUT2D eigenvalue weighted by Gasteiger charge is 2.13. The van der Waals surface area contributed by atoms with Gasteiger partial charge in [-0.15, -0.1) is 0 Å². The molecule has 2 aromatic rings. The van der Waals surface area contributed by atoms with Gasteiger partial charge in [-0.25, -0.2) is 0 Å². The third kappa shape index (κ3) is 2.86. The molecule has 0 atom stereocenters. The fourth-order valence-electron chi connectivity index (χ4n) is 2.03. The Kier molecular flexibility index (Phi) is 4.15. The Bertz CT molecular complexity index is 655. The number of rotatable bonds is 3. The fraction of sp³-hybridized carbons (Fsp3) is 0.133. The lowest BCUT2D eigenvalue weighted by atomic mass is 10.1. The summed E-state index contributed by atoms with van der Waals surface area (Å²) in [6.45, 7) is 2.03. The predicted octanol–water partition coefficient (Wildman–Crippen LogP) is 3.51. The smallest absolute Gasteiger partial charge is 0.172 e. The van der Waals surface area contributed by atoms with Crippen molar-refractivity contribution in [3.05, 3.63) is 58.6 Å². The van der Waals surface area contributed by atoms with E-state index < -0.39 is 0 Å². The zero-order chi connectivity index (χ0) is 14.7. The summed E-state index contributed by atoms with van der Waals surface area (Å²) in [5.41, 5.74) is 9.28. The molecule has 0 aliphatic heterocycles. The molecule has 0 amide bonds. The van der Waals surface area contributed by atoms with Crippen molar-refractivity contribution in [1.82, 2.24) is 0 Å². The first-order valence-corrected chi connectivity index (χ1v) is 6.48. The van der Waals surface area contributed by atoms with Crippen LogP contribution in [0.5, 0.6) is 0 Å². The van der Waals surface area contributed by atoms with Gasteiger partial charge >= 0.3 is 0 Å². The summed E-state index contributed by atoms with van der Waals surface area (Å²) in [6.07, 6.45) is 0. The maximum absolute atomic E-state index is 8.89. The van der Waals surface area contributed by atoms with Gasteiger partial charge in [0.05, 0.1) is 5.69 Å². The lowest BCUT2D eigenvalue weighted by Gasteiger charge is -2.23. The second-order valence-electron chi connectivity index (χ2n) is 4.54. The zero-order valence-corrected chi connectivity index (χ0v) is 12.1. The summed E-state index contributed by atoms with van der Waals surface area (Å²) in [5, 5.41) is 12.5. The third-order valence-electron chi connectivity index (χ3n) is 3.09. The van der Waals surface area contributed by atoms with Crippen LogP contribution in [0.1, 0.15) is 11.1 Å². The number of nitrogens with two attached hydrogens (primary N) is 1. The molecule has 0 unspecified atom stereocenters. The minimum absolute atomic E-state index is 0.0520. The van der Waals surface area contributed by atoms with E-state index in [0.29, 0.717) is 10.6 Å². The molecule has 104 valence electrons. The molecule has 3 N–H and O–H groups in total. The highest BCUT2D eigenvalue weighted by atomic mass is 35.5. The van der Waals surface area contributed by atoms with Crippen LogP contribution in [0.3, 0.4) is 0 Å².